The Labute approximate surface area is 115 Å². The molecule has 0 aromatic heterocycles. The van der Waals surface area contributed by atoms with Gasteiger partial charge < -0.3 is 15.8 Å². The van der Waals surface area contributed by atoms with Crippen molar-refractivity contribution in [3.8, 4) is 5.75 Å². The molecule has 7 heteroatoms. The van der Waals surface area contributed by atoms with E-state index in [1.165, 1.54) is 7.11 Å². The zero-order valence-electron chi connectivity index (χ0n) is 11.2. The van der Waals surface area contributed by atoms with Gasteiger partial charge in [0.1, 0.15) is 17.8 Å². The topological polar surface area (TPSA) is 102 Å². The second-order valence-corrected chi connectivity index (χ2v) is 4.64. The number of nitrogens with two attached hydrogens (primary N) is 1. The molecular weight excluding hydrogens is 262 g/mol. The molecule has 1 saturated heterocycles. The summed E-state index contributed by atoms with van der Waals surface area (Å²) < 4.78 is 5.04. The van der Waals surface area contributed by atoms with Crippen LogP contribution in [0.25, 0.3) is 0 Å². The highest BCUT2D eigenvalue weighted by atomic mass is 16.5. The predicted molar refractivity (Wildman–Crippen MR) is 69.8 cm³/mol. The van der Waals surface area contributed by atoms with Crippen molar-refractivity contribution >= 4 is 17.8 Å². The molecule has 0 unspecified atom stereocenters. The van der Waals surface area contributed by atoms with Gasteiger partial charge in [-0.15, -0.1) is 0 Å². The number of carbonyl (C=O) groups excluding carboxylic acids is 3. The zero-order valence-corrected chi connectivity index (χ0v) is 11.2. The van der Waals surface area contributed by atoms with Crippen LogP contribution in [0.15, 0.2) is 24.3 Å². The van der Waals surface area contributed by atoms with Gasteiger partial charge in [0.25, 0.3) is 5.91 Å². The molecule has 1 aromatic rings. The quantitative estimate of drug-likeness (QED) is 0.753. The maximum atomic E-state index is 12.3. The van der Waals surface area contributed by atoms with Crippen LogP contribution < -0.4 is 15.8 Å². The molecule has 0 bridgehead atoms. The molecule has 3 N–H and O–H groups in total. The van der Waals surface area contributed by atoms with Crippen molar-refractivity contribution in [3.05, 3.63) is 29.8 Å². The van der Waals surface area contributed by atoms with E-state index in [9.17, 15) is 14.4 Å². The summed E-state index contributed by atoms with van der Waals surface area (Å²) in [5, 5.41) is 2.58. The molecule has 7 nitrogen and oxygen atoms in total. The van der Waals surface area contributed by atoms with Crippen molar-refractivity contribution in [3.63, 3.8) is 0 Å². The lowest BCUT2D eigenvalue weighted by atomic mass is 9.92. The van der Waals surface area contributed by atoms with Gasteiger partial charge in [-0.3, -0.25) is 14.5 Å². The van der Waals surface area contributed by atoms with Gasteiger partial charge in [-0.25, -0.2) is 4.79 Å². The molecular formula is C13H15N3O4. The number of primary amides is 1. The molecule has 1 aliphatic heterocycles. The van der Waals surface area contributed by atoms with Gasteiger partial charge in [0.05, 0.1) is 7.11 Å². The maximum absolute atomic E-state index is 12.3. The Morgan fingerprint density at radius 2 is 1.95 bits per heavy atom. The zero-order chi connectivity index (χ0) is 14.9. The number of hydrogen-bond donors (Lipinski definition) is 2. The van der Waals surface area contributed by atoms with E-state index in [2.05, 4.69) is 5.32 Å². The van der Waals surface area contributed by atoms with E-state index in [0.717, 1.165) is 4.90 Å². The summed E-state index contributed by atoms with van der Waals surface area (Å²) in [6.07, 6.45) is 0. The Balaban J connectivity index is 2.32. The number of urea groups is 1. The first kappa shape index (κ1) is 13.9. The lowest BCUT2D eigenvalue weighted by Crippen LogP contribution is -2.42. The van der Waals surface area contributed by atoms with Crippen molar-refractivity contribution in [2.75, 3.05) is 13.7 Å². The van der Waals surface area contributed by atoms with Crippen LogP contribution in [0.1, 0.15) is 12.5 Å². The maximum Gasteiger partial charge on any atom is 0.325 e. The van der Waals surface area contributed by atoms with Crippen molar-refractivity contribution < 1.29 is 19.1 Å². The molecule has 0 radical (unpaired) electrons. The van der Waals surface area contributed by atoms with Crippen LogP contribution in [0.3, 0.4) is 0 Å². The minimum Gasteiger partial charge on any atom is -0.497 e. The Bertz CT molecular complexity index is 569. The third-order valence-electron chi connectivity index (χ3n) is 3.26. The first-order valence-electron chi connectivity index (χ1n) is 5.95. The average Bonchev–Trinajstić information content (AvgIpc) is 2.63. The number of rotatable bonds is 4. The molecule has 4 amide bonds. The number of nitrogens with one attached hydrogen (secondary N) is 1. The fraction of sp³-hybridized carbons (Fsp3) is 0.308. The Hall–Kier alpha value is -2.57. The molecule has 1 heterocycles. The first-order valence-corrected chi connectivity index (χ1v) is 5.95. The van der Waals surface area contributed by atoms with Gasteiger partial charge in [-0.2, -0.15) is 0 Å². The third-order valence-corrected chi connectivity index (χ3v) is 3.26. The monoisotopic (exact) mass is 277 g/mol. The summed E-state index contributed by atoms with van der Waals surface area (Å²) in [4.78, 5) is 35.8. The predicted octanol–water partition coefficient (Wildman–Crippen LogP) is -0.0525. The second-order valence-electron chi connectivity index (χ2n) is 4.64. The number of amides is 4. The van der Waals surface area contributed by atoms with E-state index in [-0.39, 0.29) is 0 Å². The highest BCUT2D eigenvalue weighted by Crippen LogP contribution is 2.29. The van der Waals surface area contributed by atoms with Gasteiger partial charge in [-0.05, 0) is 24.6 Å². The van der Waals surface area contributed by atoms with Gasteiger partial charge >= 0.3 is 6.03 Å². The molecule has 0 saturated carbocycles. The van der Waals surface area contributed by atoms with Gasteiger partial charge in [0.15, 0.2) is 0 Å². The highest BCUT2D eigenvalue weighted by Gasteiger charge is 2.49. The van der Waals surface area contributed by atoms with E-state index in [1.807, 2.05) is 0 Å². The van der Waals surface area contributed by atoms with E-state index in [4.69, 9.17) is 10.5 Å². The number of hydrogen-bond acceptors (Lipinski definition) is 4. The smallest absolute Gasteiger partial charge is 0.325 e. The number of ether oxygens (including phenoxy) is 1. The van der Waals surface area contributed by atoms with Crippen molar-refractivity contribution in [1.82, 2.24) is 10.2 Å². The molecule has 0 aliphatic carbocycles. The number of carbonyl (C=O) groups is 3. The van der Waals surface area contributed by atoms with Gasteiger partial charge in [-0.1, -0.05) is 12.1 Å². The normalized spacial score (nSPS) is 21.8. The summed E-state index contributed by atoms with van der Waals surface area (Å²) in [6, 6.07) is 6.12. The van der Waals surface area contributed by atoms with Crippen molar-refractivity contribution in [1.29, 1.82) is 0 Å². The van der Waals surface area contributed by atoms with Crippen LogP contribution in [-0.2, 0) is 15.1 Å². The lowest BCUT2D eigenvalue weighted by molar-refractivity contribution is -0.134. The Morgan fingerprint density at radius 3 is 2.45 bits per heavy atom. The van der Waals surface area contributed by atoms with Crippen LogP contribution in [0, 0.1) is 0 Å². The van der Waals surface area contributed by atoms with Crippen LogP contribution in [0.2, 0.25) is 0 Å². The van der Waals surface area contributed by atoms with Crippen molar-refractivity contribution in [2.24, 2.45) is 5.73 Å². The second kappa shape index (κ2) is 4.84. The fourth-order valence-corrected chi connectivity index (χ4v) is 2.12. The molecule has 106 valence electrons. The van der Waals surface area contributed by atoms with E-state index in [0.29, 0.717) is 11.3 Å². The first-order chi connectivity index (χ1) is 9.38. The fourth-order valence-electron chi connectivity index (χ4n) is 2.12. The standard InChI is InChI=1S/C13H15N3O4/c1-13(8-3-5-9(20-2)6-4-8)11(18)16(7-10(14)17)12(19)15-13/h3-6H,7H2,1-2H3,(H2,14,17)(H,15,19)/t13-/m1/s1. The third kappa shape index (κ3) is 2.18. The number of nitrogens with zero attached hydrogens (tertiary/aromatic N) is 1. The van der Waals surface area contributed by atoms with E-state index in [1.54, 1.807) is 31.2 Å². The minimum atomic E-state index is -1.21. The molecule has 1 atom stereocenters. The van der Waals surface area contributed by atoms with Crippen LogP contribution in [-0.4, -0.2) is 36.4 Å². The Morgan fingerprint density at radius 1 is 1.35 bits per heavy atom. The van der Waals surface area contributed by atoms with Crippen LogP contribution in [0.4, 0.5) is 4.79 Å². The van der Waals surface area contributed by atoms with Gasteiger partial charge in [0, 0.05) is 0 Å². The van der Waals surface area contributed by atoms with Gasteiger partial charge in [0.2, 0.25) is 5.91 Å². The summed E-state index contributed by atoms with van der Waals surface area (Å²) in [6.45, 7) is 1.15. The average molecular weight is 277 g/mol. The summed E-state index contributed by atoms with van der Waals surface area (Å²) in [7, 11) is 1.54. The molecule has 0 spiro atoms. The molecule has 1 aromatic carbocycles. The summed E-state index contributed by atoms with van der Waals surface area (Å²) >= 11 is 0. The number of methoxy groups -OCH3 is 1. The summed E-state index contributed by atoms with van der Waals surface area (Å²) in [5.74, 6) is -0.609. The number of imide groups is 1. The minimum absolute atomic E-state index is 0.434. The number of benzene rings is 1. The van der Waals surface area contributed by atoms with Crippen molar-refractivity contribution in [2.45, 2.75) is 12.5 Å². The molecule has 2 rings (SSSR count). The Kier molecular flexibility index (Phi) is 3.35. The van der Waals surface area contributed by atoms with Crippen LogP contribution >= 0.6 is 0 Å². The van der Waals surface area contributed by atoms with E-state index < -0.39 is 29.9 Å². The molecule has 1 fully saturated rings. The van der Waals surface area contributed by atoms with Crippen LogP contribution in [0.5, 0.6) is 5.75 Å². The molecule has 20 heavy (non-hydrogen) atoms. The highest BCUT2D eigenvalue weighted by molar-refractivity contribution is 6.09. The summed E-state index contributed by atoms with van der Waals surface area (Å²) in [5.41, 5.74) is 4.42. The van der Waals surface area contributed by atoms with E-state index >= 15 is 0 Å². The lowest BCUT2D eigenvalue weighted by Gasteiger charge is -2.22. The SMILES string of the molecule is COc1ccc([C@@]2(C)NC(=O)N(CC(N)=O)C2=O)cc1. The largest absolute Gasteiger partial charge is 0.497 e. The molecule has 1 aliphatic rings.